The summed E-state index contributed by atoms with van der Waals surface area (Å²) in [6.45, 7) is 6.12. The Morgan fingerprint density at radius 2 is 2.31 bits per heavy atom. The van der Waals surface area contributed by atoms with Crippen molar-refractivity contribution in [2.75, 3.05) is 6.61 Å². The molecule has 0 aliphatic heterocycles. The molecule has 0 heterocycles. The number of carboxylic acid groups (broad SMARTS) is 1. The van der Waals surface area contributed by atoms with E-state index in [-0.39, 0.29) is 5.92 Å². The minimum absolute atomic E-state index is 0.252. The van der Waals surface area contributed by atoms with Crippen LogP contribution in [0.25, 0.3) is 0 Å². The quantitative estimate of drug-likeness (QED) is 0.640. The van der Waals surface area contributed by atoms with Crippen LogP contribution in [0.1, 0.15) is 26.2 Å². The third-order valence-corrected chi connectivity index (χ3v) is 2.12. The molecule has 1 unspecified atom stereocenters. The number of carboxylic acids is 1. The SMILES string of the molecule is C=C(C)CCOC(C(=O)O)C1CC1. The number of carbonyl (C=O) groups is 1. The predicted molar refractivity (Wildman–Crippen MR) is 49.5 cm³/mol. The summed E-state index contributed by atoms with van der Waals surface area (Å²) >= 11 is 0. The highest BCUT2D eigenvalue weighted by molar-refractivity contribution is 5.73. The van der Waals surface area contributed by atoms with Crippen LogP contribution in [0.15, 0.2) is 12.2 Å². The van der Waals surface area contributed by atoms with Gasteiger partial charge in [-0.2, -0.15) is 0 Å². The smallest absolute Gasteiger partial charge is 0.333 e. The van der Waals surface area contributed by atoms with Gasteiger partial charge in [0.1, 0.15) is 0 Å². The average Bonchev–Trinajstić information content (AvgIpc) is 2.79. The van der Waals surface area contributed by atoms with Crippen molar-refractivity contribution in [1.82, 2.24) is 0 Å². The molecule has 1 N–H and O–H groups in total. The van der Waals surface area contributed by atoms with Crippen LogP contribution < -0.4 is 0 Å². The zero-order valence-electron chi connectivity index (χ0n) is 7.95. The first-order chi connectivity index (χ1) is 6.11. The number of aliphatic carboxylic acids is 1. The Morgan fingerprint density at radius 3 is 2.69 bits per heavy atom. The molecule has 74 valence electrons. The zero-order chi connectivity index (χ0) is 9.84. The lowest BCUT2D eigenvalue weighted by molar-refractivity contribution is -0.151. The Morgan fingerprint density at radius 1 is 1.69 bits per heavy atom. The summed E-state index contributed by atoms with van der Waals surface area (Å²) in [4.78, 5) is 10.7. The van der Waals surface area contributed by atoms with Crippen LogP contribution in [0.5, 0.6) is 0 Å². The maximum Gasteiger partial charge on any atom is 0.333 e. The second-order valence-electron chi connectivity index (χ2n) is 3.67. The summed E-state index contributed by atoms with van der Waals surface area (Å²) in [5.41, 5.74) is 1.03. The molecule has 0 spiro atoms. The second-order valence-corrected chi connectivity index (χ2v) is 3.67. The predicted octanol–water partition coefficient (Wildman–Crippen LogP) is 1.83. The molecule has 0 radical (unpaired) electrons. The summed E-state index contributed by atoms with van der Waals surface area (Å²) in [6, 6.07) is 0. The molecule has 13 heavy (non-hydrogen) atoms. The van der Waals surface area contributed by atoms with Crippen LogP contribution in [0.2, 0.25) is 0 Å². The van der Waals surface area contributed by atoms with E-state index < -0.39 is 12.1 Å². The van der Waals surface area contributed by atoms with E-state index in [9.17, 15) is 4.79 Å². The molecule has 1 aliphatic carbocycles. The number of rotatable bonds is 6. The van der Waals surface area contributed by atoms with E-state index in [4.69, 9.17) is 9.84 Å². The number of ether oxygens (including phenoxy) is 1. The lowest BCUT2D eigenvalue weighted by Crippen LogP contribution is -2.26. The van der Waals surface area contributed by atoms with Gasteiger partial charge in [-0.15, -0.1) is 6.58 Å². The van der Waals surface area contributed by atoms with E-state index in [1.165, 1.54) is 0 Å². The minimum atomic E-state index is -0.829. The molecule has 1 atom stereocenters. The van der Waals surface area contributed by atoms with Gasteiger partial charge in [-0.05, 0) is 32.1 Å². The molecular formula is C10H16O3. The van der Waals surface area contributed by atoms with Gasteiger partial charge in [0, 0.05) is 0 Å². The minimum Gasteiger partial charge on any atom is -0.479 e. The maximum atomic E-state index is 10.7. The molecule has 1 rings (SSSR count). The van der Waals surface area contributed by atoms with Crippen molar-refractivity contribution in [3.8, 4) is 0 Å². The lowest BCUT2D eigenvalue weighted by atomic mass is 10.2. The number of hydrogen-bond donors (Lipinski definition) is 1. The summed E-state index contributed by atoms with van der Waals surface area (Å²) < 4.78 is 5.28. The van der Waals surface area contributed by atoms with Crippen LogP contribution in [-0.2, 0) is 9.53 Å². The largest absolute Gasteiger partial charge is 0.479 e. The molecule has 3 nitrogen and oxygen atoms in total. The van der Waals surface area contributed by atoms with Crippen molar-refractivity contribution in [3.05, 3.63) is 12.2 Å². The van der Waals surface area contributed by atoms with Gasteiger partial charge in [0.15, 0.2) is 6.10 Å². The average molecular weight is 184 g/mol. The molecule has 0 aromatic rings. The van der Waals surface area contributed by atoms with Gasteiger partial charge in [0.2, 0.25) is 0 Å². The van der Waals surface area contributed by atoms with Crippen LogP contribution in [0.3, 0.4) is 0 Å². The Hall–Kier alpha value is -0.830. The van der Waals surface area contributed by atoms with Crippen molar-refractivity contribution < 1.29 is 14.6 Å². The van der Waals surface area contributed by atoms with Gasteiger partial charge in [-0.25, -0.2) is 4.79 Å². The first kappa shape index (κ1) is 10.3. The third-order valence-electron chi connectivity index (χ3n) is 2.12. The normalized spacial score (nSPS) is 18.2. The third kappa shape index (κ3) is 3.59. The fourth-order valence-electron chi connectivity index (χ4n) is 1.17. The highest BCUT2D eigenvalue weighted by atomic mass is 16.5. The van der Waals surface area contributed by atoms with E-state index in [0.717, 1.165) is 24.8 Å². The van der Waals surface area contributed by atoms with Gasteiger partial charge >= 0.3 is 5.97 Å². The fraction of sp³-hybridized carbons (Fsp3) is 0.700. The van der Waals surface area contributed by atoms with Gasteiger partial charge in [0.25, 0.3) is 0 Å². The highest BCUT2D eigenvalue weighted by Crippen LogP contribution is 2.34. The van der Waals surface area contributed by atoms with Crippen LogP contribution in [0.4, 0.5) is 0 Å². The number of hydrogen-bond acceptors (Lipinski definition) is 2. The Kier molecular flexibility index (Phi) is 3.48. The molecule has 1 aliphatic rings. The summed E-state index contributed by atoms with van der Waals surface area (Å²) in [7, 11) is 0. The van der Waals surface area contributed by atoms with Crippen molar-refractivity contribution >= 4 is 5.97 Å². The van der Waals surface area contributed by atoms with Crippen molar-refractivity contribution in [2.24, 2.45) is 5.92 Å². The molecule has 0 amide bonds. The standard InChI is InChI=1S/C10H16O3/c1-7(2)5-6-13-9(10(11)12)8-3-4-8/h8-9H,1,3-6H2,2H3,(H,11,12). The van der Waals surface area contributed by atoms with E-state index >= 15 is 0 Å². The Bertz CT molecular complexity index is 206. The fourth-order valence-corrected chi connectivity index (χ4v) is 1.17. The van der Waals surface area contributed by atoms with Crippen LogP contribution in [-0.4, -0.2) is 23.8 Å². The van der Waals surface area contributed by atoms with Gasteiger partial charge < -0.3 is 9.84 Å². The van der Waals surface area contributed by atoms with Gasteiger partial charge in [0.05, 0.1) is 6.61 Å². The molecule has 0 saturated heterocycles. The molecule has 0 aromatic carbocycles. The highest BCUT2D eigenvalue weighted by Gasteiger charge is 2.36. The molecular weight excluding hydrogens is 168 g/mol. The molecule has 0 aromatic heterocycles. The second kappa shape index (κ2) is 4.42. The Labute approximate surface area is 78.4 Å². The van der Waals surface area contributed by atoms with Crippen molar-refractivity contribution in [3.63, 3.8) is 0 Å². The van der Waals surface area contributed by atoms with Gasteiger partial charge in [-0.1, -0.05) is 5.57 Å². The maximum absolute atomic E-state index is 10.7. The monoisotopic (exact) mass is 184 g/mol. The topological polar surface area (TPSA) is 46.5 Å². The van der Waals surface area contributed by atoms with E-state index in [0.29, 0.717) is 6.61 Å². The molecule has 3 heteroatoms. The van der Waals surface area contributed by atoms with E-state index in [2.05, 4.69) is 6.58 Å². The summed E-state index contributed by atoms with van der Waals surface area (Å²) in [6.07, 6.45) is 2.14. The summed E-state index contributed by atoms with van der Waals surface area (Å²) in [5, 5.41) is 8.80. The first-order valence-electron chi connectivity index (χ1n) is 4.60. The zero-order valence-corrected chi connectivity index (χ0v) is 7.95. The van der Waals surface area contributed by atoms with E-state index in [1.807, 2.05) is 6.92 Å². The van der Waals surface area contributed by atoms with Crippen LogP contribution in [0, 0.1) is 5.92 Å². The molecule has 1 saturated carbocycles. The Balaban J connectivity index is 2.22. The first-order valence-corrected chi connectivity index (χ1v) is 4.60. The molecule has 1 fully saturated rings. The van der Waals surface area contributed by atoms with Crippen LogP contribution >= 0.6 is 0 Å². The lowest BCUT2D eigenvalue weighted by Gasteiger charge is -2.12. The van der Waals surface area contributed by atoms with E-state index in [1.54, 1.807) is 0 Å². The van der Waals surface area contributed by atoms with Gasteiger partial charge in [-0.3, -0.25) is 0 Å². The van der Waals surface area contributed by atoms with Crippen molar-refractivity contribution in [1.29, 1.82) is 0 Å². The van der Waals surface area contributed by atoms with Crippen molar-refractivity contribution in [2.45, 2.75) is 32.3 Å². The molecule has 0 bridgehead atoms. The summed E-state index contributed by atoms with van der Waals surface area (Å²) in [5.74, 6) is -0.577.